The Morgan fingerprint density at radius 3 is 2.63 bits per heavy atom. The zero-order valence-electron chi connectivity index (χ0n) is 24.3. The lowest BCUT2D eigenvalue weighted by atomic mass is 9.93. The Bertz CT molecular complexity index is 1230. The number of carbonyl (C=O) groups is 1. The molecule has 1 unspecified atom stereocenters. The van der Waals surface area contributed by atoms with Gasteiger partial charge in [0.15, 0.2) is 5.82 Å². The highest BCUT2D eigenvalue weighted by Crippen LogP contribution is 2.23. The molecule has 11 heteroatoms. The second kappa shape index (κ2) is 16.1. The molecule has 1 atom stereocenters. The molecule has 220 valence electrons. The van der Waals surface area contributed by atoms with Gasteiger partial charge in [-0.1, -0.05) is 37.8 Å². The van der Waals surface area contributed by atoms with Crippen LogP contribution in [0.3, 0.4) is 0 Å². The van der Waals surface area contributed by atoms with E-state index in [-0.39, 0.29) is 11.6 Å². The smallest absolute Gasteiger partial charge is 0.212 e. The molecule has 3 heterocycles. The molecule has 2 aliphatic rings. The van der Waals surface area contributed by atoms with Crippen LogP contribution < -0.4 is 26.0 Å². The summed E-state index contributed by atoms with van der Waals surface area (Å²) in [5.74, 6) is 9.13. The van der Waals surface area contributed by atoms with Crippen LogP contribution in [0.4, 0.5) is 5.82 Å². The van der Waals surface area contributed by atoms with Crippen LogP contribution in [0.5, 0.6) is 5.75 Å². The zero-order valence-corrected chi connectivity index (χ0v) is 24.3. The van der Waals surface area contributed by atoms with Crippen LogP contribution in [-0.2, 0) is 14.9 Å². The van der Waals surface area contributed by atoms with E-state index in [2.05, 4.69) is 63.9 Å². The second-order valence-corrected chi connectivity index (χ2v) is 10.4. The van der Waals surface area contributed by atoms with Gasteiger partial charge in [-0.2, -0.15) is 0 Å². The molecule has 41 heavy (non-hydrogen) atoms. The average Bonchev–Trinajstić information content (AvgIpc) is 3.65. The molecule has 1 fully saturated rings. The number of benzene rings is 1. The number of carbonyl (C=O) groups excluding carboxylic acids is 1. The van der Waals surface area contributed by atoms with Crippen molar-refractivity contribution in [2.45, 2.75) is 38.8 Å². The van der Waals surface area contributed by atoms with Gasteiger partial charge in [0.1, 0.15) is 23.5 Å². The van der Waals surface area contributed by atoms with Crippen molar-refractivity contribution in [3.63, 3.8) is 0 Å². The Kier molecular flexibility index (Phi) is 12.3. The summed E-state index contributed by atoms with van der Waals surface area (Å²) in [6.45, 7) is 11.6. The Balaban J connectivity index is 0.000000352. The molecule has 1 aromatic carbocycles. The Labute approximate surface area is 242 Å². The van der Waals surface area contributed by atoms with E-state index in [9.17, 15) is 4.79 Å². The number of hydrogen-bond acceptors (Lipinski definition) is 10. The maximum absolute atomic E-state index is 10.5. The summed E-state index contributed by atoms with van der Waals surface area (Å²) in [5, 5.41) is 22.9. The first kappa shape index (κ1) is 31.3. The van der Waals surface area contributed by atoms with Gasteiger partial charge in [0, 0.05) is 61.7 Å². The average molecular weight is 564 g/mol. The standard InChI is InChI=1S/C22H27N5O3.C8H14N2O/c23-15-19(14-21-24-16-22(26-21)25-17-28)3-2-18-4-6-20(7-5-18)30-11-1-8-27-9-12-29-13-10-27;1-8(2,3)6-5-7(9-4)10-11-6/h4-7,14-17,21,23-24,26H,1,8-13H2,(H,25,28);5H,1-4H3,(H,9,10)/b19-14-,23-15?;. The summed E-state index contributed by atoms with van der Waals surface area (Å²) in [5.41, 5.74) is 1.45. The van der Waals surface area contributed by atoms with Crippen molar-refractivity contribution in [1.29, 1.82) is 5.41 Å². The molecular formula is C30H41N7O4. The lowest BCUT2D eigenvalue weighted by molar-refractivity contribution is -0.109. The number of morpholine rings is 1. The summed E-state index contributed by atoms with van der Waals surface area (Å²) in [6, 6.07) is 9.55. The van der Waals surface area contributed by atoms with Gasteiger partial charge in [-0.25, -0.2) is 0 Å². The Morgan fingerprint density at radius 1 is 1.27 bits per heavy atom. The summed E-state index contributed by atoms with van der Waals surface area (Å²) < 4.78 is 16.3. The van der Waals surface area contributed by atoms with Crippen molar-refractivity contribution < 1.29 is 18.8 Å². The highest BCUT2D eigenvalue weighted by atomic mass is 16.5. The first-order valence-electron chi connectivity index (χ1n) is 13.7. The van der Waals surface area contributed by atoms with E-state index in [0.29, 0.717) is 24.4 Å². The molecule has 0 bridgehead atoms. The van der Waals surface area contributed by atoms with Crippen LogP contribution in [0.2, 0.25) is 0 Å². The van der Waals surface area contributed by atoms with Crippen molar-refractivity contribution in [3.8, 4) is 17.6 Å². The number of hydrogen-bond donors (Lipinski definition) is 5. The Morgan fingerprint density at radius 2 is 2.02 bits per heavy atom. The predicted octanol–water partition coefficient (Wildman–Crippen LogP) is 2.79. The molecule has 11 nitrogen and oxygen atoms in total. The van der Waals surface area contributed by atoms with E-state index in [1.807, 2.05) is 37.4 Å². The number of amides is 1. The van der Waals surface area contributed by atoms with Crippen molar-refractivity contribution >= 4 is 18.4 Å². The quantitative estimate of drug-likeness (QED) is 0.128. The Hall–Kier alpha value is -4.27. The number of nitrogens with one attached hydrogen (secondary N) is 5. The molecular weight excluding hydrogens is 522 g/mol. The number of rotatable bonds is 10. The number of nitrogens with zero attached hydrogens (tertiary/aromatic N) is 2. The largest absolute Gasteiger partial charge is 0.494 e. The van der Waals surface area contributed by atoms with Gasteiger partial charge in [0.05, 0.1) is 19.8 Å². The molecule has 0 saturated carbocycles. The minimum atomic E-state index is -0.230. The third-order valence-corrected chi connectivity index (χ3v) is 6.14. The van der Waals surface area contributed by atoms with E-state index in [0.717, 1.165) is 62.2 Å². The van der Waals surface area contributed by atoms with Crippen LogP contribution in [-0.4, -0.2) is 75.3 Å². The van der Waals surface area contributed by atoms with E-state index in [1.54, 1.807) is 12.3 Å². The SMILES string of the molecule is CNc1cc(C(C)(C)C)on1.N=C/C(C#Cc1ccc(OCCCN2CCOCC2)cc1)=C\C1NC=C(NC=O)N1. The maximum Gasteiger partial charge on any atom is 0.212 e. The van der Waals surface area contributed by atoms with Crippen LogP contribution in [0, 0.1) is 17.3 Å². The van der Waals surface area contributed by atoms with E-state index < -0.39 is 0 Å². The van der Waals surface area contributed by atoms with Gasteiger partial charge in [-0.15, -0.1) is 0 Å². The predicted molar refractivity (Wildman–Crippen MR) is 160 cm³/mol. The molecule has 4 rings (SSSR count). The lowest BCUT2D eigenvalue weighted by Crippen LogP contribution is -2.37. The highest BCUT2D eigenvalue weighted by molar-refractivity contribution is 5.82. The minimum absolute atomic E-state index is 0.0437. The van der Waals surface area contributed by atoms with Crippen LogP contribution in [0.25, 0.3) is 0 Å². The van der Waals surface area contributed by atoms with Gasteiger partial charge >= 0.3 is 0 Å². The fourth-order valence-electron chi connectivity index (χ4n) is 3.79. The number of allylic oxidation sites excluding steroid dienone is 1. The van der Waals surface area contributed by atoms with Crippen molar-refractivity contribution in [3.05, 3.63) is 65.3 Å². The van der Waals surface area contributed by atoms with E-state index in [4.69, 9.17) is 19.4 Å². The number of aromatic nitrogens is 1. The van der Waals surface area contributed by atoms with Gasteiger partial charge in [0.2, 0.25) is 6.41 Å². The summed E-state index contributed by atoms with van der Waals surface area (Å²) in [6.07, 6.45) is 5.99. The van der Waals surface area contributed by atoms with Crippen LogP contribution in [0.1, 0.15) is 38.5 Å². The fraction of sp³-hybridized carbons (Fsp3) is 0.433. The van der Waals surface area contributed by atoms with E-state index in [1.165, 1.54) is 6.21 Å². The van der Waals surface area contributed by atoms with E-state index >= 15 is 0 Å². The summed E-state index contributed by atoms with van der Waals surface area (Å²) in [4.78, 5) is 12.9. The molecule has 1 saturated heterocycles. The van der Waals surface area contributed by atoms with Crippen LogP contribution >= 0.6 is 0 Å². The molecule has 0 spiro atoms. The maximum atomic E-state index is 10.5. The molecule has 1 aromatic heterocycles. The van der Waals surface area contributed by atoms with Gasteiger partial charge in [-0.05, 0) is 36.8 Å². The third kappa shape index (κ3) is 11.0. The van der Waals surface area contributed by atoms with Gasteiger partial charge in [0.25, 0.3) is 0 Å². The molecule has 1 amide bonds. The first-order chi connectivity index (χ1) is 19.8. The third-order valence-electron chi connectivity index (χ3n) is 6.14. The molecule has 0 aliphatic carbocycles. The number of anilines is 1. The molecule has 0 radical (unpaired) electrons. The van der Waals surface area contributed by atoms with Crippen molar-refractivity contribution in [1.82, 2.24) is 26.0 Å². The van der Waals surface area contributed by atoms with Crippen LogP contribution in [0.15, 0.2) is 58.5 Å². The molecule has 2 aromatic rings. The fourth-order valence-corrected chi connectivity index (χ4v) is 3.79. The second-order valence-electron chi connectivity index (χ2n) is 10.4. The van der Waals surface area contributed by atoms with Gasteiger partial charge in [-0.3, -0.25) is 9.69 Å². The molecule has 2 aliphatic heterocycles. The monoisotopic (exact) mass is 563 g/mol. The minimum Gasteiger partial charge on any atom is -0.494 e. The summed E-state index contributed by atoms with van der Waals surface area (Å²) in [7, 11) is 1.82. The summed E-state index contributed by atoms with van der Waals surface area (Å²) >= 11 is 0. The lowest BCUT2D eigenvalue weighted by Gasteiger charge is -2.26. The zero-order chi connectivity index (χ0) is 29.5. The number of ether oxygens (including phenoxy) is 2. The van der Waals surface area contributed by atoms with Crippen molar-refractivity contribution in [2.75, 3.05) is 51.8 Å². The highest BCUT2D eigenvalue weighted by Gasteiger charge is 2.19. The van der Waals surface area contributed by atoms with Crippen molar-refractivity contribution in [2.24, 2.45) is 0 Å². The topological polar surface area (TPSA) is 137 Å². The normalized spacial score (nSPS) is 16.9. The van der Waals surface area contributed by atoms with Gasteiger partial charge < -0.3 is 40.7 Å². The molecule has 5 N–H and O–H groups in total. The first-order valence-corrected chi connectivity index (χ1v) is 13.7.